The fourth-order valence-electron chi connectivity index (χ4n) is 8.68. The maximum atomic E-state index is 3.79. The van der Waals surface area contributed by atoms with Crippen LogP contribution in [-0.2, 0) is 5.41 Å². The smallest absolute Gasteiger partial charge is 0.198 e. The highest BCUT2D eigenvalue weighted by atomic mass is 15.2. The van der Waals surface area contributed by atoms with E-state index >= 15 is 0 Å². The number of aromatic amines is 1. The summed E-state index contributed by atoms with van der Waals surface area (Å²) in [5.41, 5.74) is 17.5. The number of anilines is 3. The van der Waals surface area contributed by atoms with E-state index in [1.807, 2.05) is 0 Å². The van der Waals surface area contributed by atoms with Crippen molar-refractivity contribution in [3.05, 3.63) is 186 Å². The van der Waals surface area contributed by atoms with Crippen LogP contribution in [0.1, 0.15) is 27.8 Å². The van der Waals surface area contributed by atoms with Crippen molar-refractivity contribution in [1.82, 2.24) is 4.98 Å². The summed E-state index contributed by atoms with van der Waals surface area (Å²) in [4.78, 5) is 6.36. The largest absolute Gasteiger partial charge is 0.354 e. The normalized spacial score (nSPS) is 13.9. The fraction of sp³-hybridized carbons (Fsp3) is 0.0455. The Kier molecular flexibility index (Phi) is 5.54. The van der Waals surface area contributed by atoms with E-state index in [-0.39, 0.29) is 0 Å². The summed E-state index contributed by atoms with van der Waals surface area (Å²) in [6.45, 7) is 2.24. The maximum Gasteiger partial charge on any atom is 0.198 e. The number of aryl methyl sites for hydroxylation is 1. The number of aromatic nitrogens is 1. The molecule has 0 spiro atoms. The van der Waals surface area contributed by atoms with E-state index in [0.717, 1.165) is 7.28 Å². The summed E-state index contributed by atoms with van der Waals surface area (Å²) in [6.07, 6.45) is 0. The molecule has 3 heterocycles. The van der Waals surface area contributed by atoms with Crippen LogP contribution in [-0.4, -0.2) is 12.3 Å². The molecule has 47 heavy (non-hydrogen) atoms. The van der Waals surface area contributed by atoms with Crippen molar-refractivity contribution in [2.45, 2.75) is 12.3 Å². The molecule has 2 aliphatic rings. The number of para-hydroxylation sites is 4. The molecule has 8 aromatic rings. The minimum Gasteiger partial charge on any atom is -0.354 e. The van der Waals surface area contributed by atoms with Gasteiger partial charge < -0.3 is 9.88 Å². The predicted molar refractivity (Wildman–Crippen MR) is 199 cm³/mol. The number of H-pyrrole nitrogens is 1. The third kappa shape index (κ3) is 3.57. The van der Waals surface area contributed by atoms with Gasteiger partial charge in [0.25, 0.3) is 0 Å². The molecule has 0 unspecified atom stereocenters. The Bertz CT molecular complexity index is 2470. The number of hydrogen-bond donors (Lipinski definition) is 1. The zero-order valence-electron chi connectivity index (χ0n) is 26.2. The van der Waals surface area contributed by atoms with E-state index in [0.29, 0.717) is 0 Å². The maximum absolute atomic E-state index is 3.79. The lowest BCUT2D eigenvalue weighted by atomic mass is 9.54. The summed E-state index contributed by atoms with van der Waals surface area (Å²) in [5, 5.41) is 2.54. The Balaban J connectivity index is 1.29. The number of nitrogens with zero attached hydrogens (tertiary/aromatic N) is 1. The highest BCUT2D eigenvalue weighted by Crippen LogP contribution is 2.57. The first-order valence-corrected chi connectivity index (χ1v) is 16.5. The fourth-order valence-corrected chi connectivity index (χ4v) is 8.68. The molecule has 1 N–H and O–H groups in total. The quantitative estimate of drug-likeness (QED) is 0.201. The van der Waals surface area contributed by atoms with Gasteiger partial charge in [-0.2, -0.15) is 0 Å². The Morgan fingerprint density at radius 2 is 1.21 bits per heavy atom. The first kappa shape index (κ1) is 26.4. The summed E-state index contributed by atoms with van der Waals surface area (Å²) < 4.78 is 0. The molecular weight excluding hydrogens is 567 g/mol. The Labute approximate surface area is 275 Å². The van der Waals surface area contributed by atoms with E-state index in [1.54, 1.807) is 0 Å². The summed E-state index contributed by atoms with van der Waals surface area (Å²) in [7, 11) is 0.864. The minimum absolute atomic E-state index is 0.457. The zero-order valence-corrected chi connectivity index (χ0v) is 26.2. The van der Waals surface area contributed by atoms with Gasteiger partial charge in [0, 0.05) is 33.2 Å². The van der Waals surface area contributed by atoms with Crippen LogP contribution < -0.4 is 15.8 Å². The van der Waals surface area contributed by atoms with Crippen LogP contribution in [0, 0.1) is 6.92 Å². The molecule has 0 atom stereocenters. The van der Waals surface area contributed by atoms with Crippen molar-refractivity contribution in [2.75, 3.05) is 4.90 Å². The lowest BCUT2D eigenvalue weighted by Gasteiger charge is -2.49. The third-order valence-corrected chi connectivity index (χ3v) is 10.5. The van der Waals surface area contributed by atoms with Crippen molar-refractivity contribution in [2.24, 2.45) is 0 Å². The molecule has 0 aliphatic carbocycles. The highest BCUT2D eigenvalue weighted by molar-refractivity contribution is 6.73. The molecule has 3 heteroatoms. The van der Waals surface area contributed by atoms with Crippen LogP contribution in [0.4, 0.5) is 17.1 Å². The highest BCUT2D eigenvalue weighted by Gasteiger charge is 2.48. The Hall–Kier alpha value is -5.80. The summed E-state index contributed by atoms with van der Waals surface area (Å²) in [6, 6.07) is 58.4. The first-order valence-electron chi connectivity index (χ1n) is 16.5. The van der Waals surface area contributed by atoms with Gasteiger partial charge in [0.15, 0.2) is 7.28 Å². The van der Waals surface area contributed by atoms with Gasteiger partial charge in [-0.3, -0.25) is 0 Å². The summed E-state index contributed by atoms with van der Waals surface area (Å²) in [5.74, 6) is 0. The van der Waals surface area contributed by atoms with Gasteiger partial charge in [0.2, 0.25) is 0 Å². The predicted octanol–water partition coefficient (Wildman–Crippen LogP) is 9.16. The van der Waals surface area contributed by atoms with Crippen molar-refractivity contribution in [3.63, 3.8) is 0 Å². The average molecular weight is 599 g/mol. The topological polar surface area (TPSA) is 19.0 Å². The zero-order chi connectivity index (χ0) is 31.1. The second-order valence-corrected chi connectivity index (χ2v) is 13.0. The van der Waals surface area contributed by atoms with Gasteiger partial charge in [-0.25, -0.2) is 0 Å². The van der Waals surface area contributed by atoms with E-state index < -0.39 is 5.41 Å². The molecule has 0 amide bonds. The van der Waals surface area contributed by atoms with Crippen LogP contribution in [0.3, 0.4) is 0 Å². The van der Waals surface area contributed by atoms with Crippen molar-refractivity contribution in [3.8, 4) is 11.1 Å². The first-order chi connectivity index (χ1) is 23.2. The third-order valence-electron chi connectivity index (χ3n) is 10.5. The second kappa shape index (κ2) is 9.85. The standard InChI is InChI=1S/C44H31BN2/c1-28-26-34(33-20-12-19-32-31-18-8-10-24-38(31)46-42(32)33)41-40(27-28)47-39-25-11-9-21-35(39)44(29-14-4-2-5-15-29,30-16-6-3-7-17-30)36-22-13-23-37(45-41)43(36)47/h2-27,45-46H,1H3. The Morgan fingerprint density at radius 3 is 2.02 bits per heavy atom. The molecule has 7 aromatic carbocycles. The van der Waals surface area contributed by atoms with Crippen LogP contribution in [0.15, 0.2) is 158 Å². The lowest BCUT2D eigenvalue weighted by molar-refractivity contribution is 0.732. The van der Waals surface area contributed by atoms with Gasteiger partial charge in [-0.1, -0.05) is 145 Å². The molecule has 0 saturated carbocycles. The number of hydrogen-bond acceptors (Lipinski definition) is 1. The Morgan fingerprint density at radius 1 is 0.553 bits per heavy atom. The van der Waals surface area contributed by atoms with Gasteiger partial charge in [0.05, 0.1) is 16.6 Å². The number of rotatable bonds is 3. The second-order valence-electron chi connectivity index (χ2n) is 13.0. The van der Waals surface area contributed by atoms with Crippen LogP contribution in [0.5, 0.6) is 0 Å². The summed E-state index contributed by atoms with van der Waals surface area (Å²) >= 11 is 0. The van der Waals surface area contributed by atoms with E-state index in [2.05, 4.69) is 175 Å². The number of fused-ring (bicyclic) bond motifs is 7. The molecule has 220 valence electrons. The van der Waals surface area contributed by atoms with Gasteiger partial charge >= 0.3 is 0 Å². The van der Waals surface area contributed by atoms with Crippen LogP contribution >= 0.6 is 0 Å². The van der Waals surface area contributed by atoms with Gasteiger partial charge in [0.1, 0.15) is 0 Å². The van der Waals surface area contributed by atoms with Crippen LogP contribution in [0.2, 0.25) is 0 Å². The van der Waals surface area contributed by atoms with Crippen molar-refractivity contribution >= 4 is 57.1 Å². The molecule has 0 fully saturated rings. The SMILES string of the molecule is Cc1cc(-c2cccc3c2[nH]c2ccccc23)c2c(c1)N1c3ccccc3C(c3ccccc3)(c3ccccc3)c3cccc(c31)B2. The molecule has 2 nitrogen and oxygen atoms in total. The minimum atomic E-state index is -0.457. The molecule has 0 saturated heterocycles. The van der Waals surface area contributed by atoms with E-state index in [1.165, 1.54) is 88.7 Å². The van der Waals surface area contributed by atoms with Gasteiger partial charge in [-0.05, 0) is 64.0 Å². The van der Waals surface area contributed by atoms with Crippen LogP contribution in [0.25, 0.3) is 32.9 Å². The number of nitrogens with one attached hydrogen (secondary N) is 1. The lowest BCUT2D eigenvalue weighted by Crippen LogP contribution is -2.47. The molecule has 0 bridgehead atoms. The molecule has 1 aromatic heterocycles. The average Bonchev–Trinajstić information content (AvgIpc) is 3.51. The van der Waals surface area contributed by atoms with Gasteiger partial charge in [-0.15, -0.1) is 0 Å². The van der Waals surface area contributed by atoms with E-state index in [4.69, 9.17) is 0 Å². The molecule has 0 radical (unpaired) electrons. The number of benzene rings is 7. The van der Waals surface area contributed by atoms with E-state index in [9.17, 15) is 0 Å². The molecule has 10 rings (SSSR count). The van der Waals surface area contributed by atoms with Crippen molar-refractivity contribution < 1.29 is 0 Å². The molecular formula is C44H31BN2. The molecule has 2 aliphatic heterocycles. The monoisotopic (exact) mass is 598 g/mol. The van der Waals surface area contributed by atoms with Crippen molar-refractivity contribution in [1.29, 1.82) is 0 Å².